The Bertz CT molecular complexity index is 399. The van der Waals surface area contributed by atoms with Gasteiger partial charge in [-0.05, 0) is 26.1 Å². The van der Waals surface area contributed by atoms with E-state index in [4.69, 9.17) is 28.9 Å². The molecule has 0 amide bonds. The van der Waals surface area contributed by atoms with Gasteiger partial charge >= 0.3 is 0 Å². The Kier molecular flexibility index (Phi) is 3.71. The molecular weight excluding hydrogens is 257 g/mol. The van der Waals surface area contributed by atoms with Gasteiger partial charge in [-0.15, -0.1) is 0 Å². The average Bonchev–Trinajstić information content (AvgIpc) is 2.21. The third-order valence-electron chi connectivity index (χ3n) is 3.32. The Balaban J connectivity index is 2.29. The van der Waals surface area contributed by atoms with Gasteiger partial charge in [0.05, 0.1) is 15.7 Å². The minimum atomic E-state index is 0.494. The van der Waals surface area contributed by atoms with Crippen LogP contribution in [0, 0.1) is 0 Å². The molecule has 1 aliphatic rings. The maximum absolute atomic E-state index is 6.23. The zero-order chi connectivity index (χ0) is 12.6. The van der Waals surface area contributed by atoms with E-state index in [1.165, 1.54) is 0 Å². The summed E-state index contributed by atoms with van der Waals surface area (Å²) < 4.78 is 0. The lowest BCUT2D eigenvalue weighted by Crippen LogP contribution is -2.50. The number of nitrogen functional groups attached to an aromatic ring is 1. The predicted molar refractivity (Wildman–Crippen MR) is 75.2 cm³/mol. The van der Waals surface area contributed by atoms with Crippen molar-refractivity contribution in [1.29, 1.82) is 0 Å². The largest absolute Gasteiger partial charge is 0.399 e. The minimum absolute atomic E-state index is 0.494. The second kappa shape index (κ2) is 4.92. The molecule has 2 N–H and O–H groups in total. The van der Waals surface area contributed by atoms with Crippen molar-refractivity contribution in [3.05, 3.63) is 22.2 Å². The number of rotatable bonds is 1. The van der Waals surface area contributed by atoms with Crippen molar-refractivity contribution in [1.82, 2.24) is 4.90 Å². The summed E-state index contributed by atoms with van der Waals surface area (Å²) in [5.74, 6) is 0. The molecule has 1 atom stereocenters. The summed E-state index contributed by atoms with van der Waals surface area (Å²) in [6, 6.07) is 4.01. The standard InChI is InChI=1S/C12H17Cl2N3/c1-8-7-17(4-3-16(8)2)12-10(13)5-9(15)6-11(12)14/h5-6,8H,3-4,7,15H2,1-2H3. The molecule has 94 valence electrons. The smallest absolute Gasteiger partial charge is 0.0747 e. The molecule has 1 unspecified atom stereocenters. The zero-order valence-electron chi connectivity index (χ0n) is 10.1. The summed E-state index contributed by atoms with van der Waals surface area (Å²) in [4.78, 5) is 4.56. The highest BCUT2D eigenvalue weighted by Gasteiger charge is 2.24. The van der Waals surface area contributed by atoms with Gasteiger partial charge in [-0.25, -0.2) is 0 Å². The van der Waals surface area contributed by atoms with Gasteiger partial charge in [0.25, 0.3) is 0 Å². The molecule has 3 nitrogen and oxygen atoms in total. The van der Waals surface area contributed by atoms with Crippen molar-refractivity contribution in [3.63, 3.8) is 0 Å². The molecule has 0 aromatic heterocycles. The number of halogens is 2. The SMILES string of the molecule is CC1CN(c2c(Cl)cc(N)cc2Cl)CCN1C. The molecule has 1 aromatic rings. The van der Waals surface area contributed by atoms with Crippen LogP contribution in [0.3, 0.4) is 0 Å². The van der Waals surface area contributed by atoms with Crippen LogP contribution in [0.15, 0.2) is 12.1 Å². The maximum atomic E-state index is 6.23. The van der Waals surface area contributed by atoms with E-state index in [0.717, 1.165) is 25.3 Å². The van der Waals surface area contributed by atoms with E-state index in [0.29, 0.717) is 21.8 Å². The Morgan fingerprint density at radius 3 is 2.35 bits per heavy atom. The van der Waals surface area contributed by atoms with Gasteiger partial charge in [0.1, 0.15) is 0 Å². The lowest BCUT2D eigenvalue weighted by atomic mass is 10.1. The normalized spacial score (nSPS) is 21.9. The summed E-state index contributed by atoms with van der Waals surface area (Å²) >= 11 is 12.5. The molecule has 0 spiro atoms. The van der Waals surface area contributed by atoms with Gasteiger partial charge in [-0.2, -0.15) is 0 Å². The van der Waals surface area contributed by atoms with Gasteiger partial charge < -0.3 is 15.5 Å². The lowest BCUT2D eigenvalue weighted by molar-refractivity contribution is 0.234. The quantitative estimate of drug-likeness (QED) is 0.799. The molecule has 1 fully saturated rings. The first-order chi connectivity index (χ1) is 7.99. The highest BCUT2D eigenvalue weighted by Crippen LogP contribution is 2.36. The molecular formula is C12H17Cl2N3. The third-order valence-corrected chi connectivity index (χ3v) is 3.89. The summed E-state index contributed by atoms with van der Waals surface area (Å²) in [7, 11) is 2.13. The molecule has 1 aromatic carbocycles. The molecule has 0 saturated carbocycles. The molecule has 1 aliphatic heterocycles. The number of piperazine rings is 1. The first-order valence-electron chi connectivity index (χ1n) is 5.68. The molecule has 17 heavy (non-hydrogen) atoms. The van der Waals surface area contributed by atoms with Crippen molar-refractivity contribution in [3.8, 4) is 0 Å². The molecule has 1 heterocycles. The zero-order valence-corrected chi connectivity index (χ0v) is 11.6. The van der Waals surface area contributed by atoms with Crippen molar-refractivity contribution in [2.75, 3.05) is 37.3 Å². The number of nitrogens with zero attached hydrogens (tertiary/aromatic N) is 2. The van der Waals surface area contributed by atoms with Crippen LogP contribution < -0.4 is 10.6 Å². The monoisotopic (exact) mass is 273 g/mol. The van der Waals surface area contributed by atoms with E-state index in [1.54, 1.807) is 12.1 Å². The highest BCUT2D eigenvalue weighted by molar-refractivity contribution is 6.39. The van der Waals surface area contributed by atoms with E-state index in [1.807, 2.05) is 0 Å². The second-order valence-electron chi connectivity index (χ2n) is 4.61. The fourth-order valence-corrected chi connectivity index (χ4v) is 2.88. The van der Waals surface area contributed by atoms with Crippen LogP contribution in [0.2, 0.25) is 10.0 Å². The number of nitrogens with two attached hydrogens (primary N) is 1. The summed E-state index contributed by atoms with van der Waals surface area (Å²) in [5, 5.41) is 1.26. The van der Waals surface area contributed by atoms with E-state index >= 15 is 0 Å². The molecule has 0 bridgehead atoms. The van der Waals surface area contributed by atoms with Gasteiger partial charge in [-0.1, -0.05) is 23.2 Å². The number of hydrogen-bond donors (Lipinski definition) is 1. The Labute approximate surface area is 112 Å². The maximum Gasteiger partial charge on any atom is 0.0747 e. The topological polar surface area (TPSA) is 32.5 Å². The van der Waals surface area contributed by atoms with E-state index in [9.17, 15) is 0 Å². The van der Waals surface area contributed by atoms with Gasteiger partial charge in [0, 0.05) is 31.4 Å². The van der Waals surface area contributed by atoms with Gasteiger partial charge in [0.15, 0.2) is 0 Å². The van der Waals surface area contributed by atoms with Gasteiger partial charge in [0.2, 0.25) is 0 Å². The predicted octanol–water partition coefficient (Wildman–Crippen LogP) is 2.72. The third kappa shape index (κ3) is 2.62. The highest BCUT2D eigenvalue weighted by atomic mass is 35.5. The lowest BCUT2D eigenvalue weighted by Gasteiger charge is -2.39. The Hall–Kier alpha value is -0.640. The first kappa shape index (κ1) is 12.8. The van der Waals surface area contributed by atoms with Crippen molar-refractivity contribution >= 4 is 34.6 Å². The number of anilines is 2. The average molecular weight is 274 g/mol. The van der Waals surface area contributed by atoms with Gasteiger partial charge in [-0.3, -0.25) is 0 Å². The van der Waals surface area contributed by atoms with Crippen LogP contribution in [-0.4, -0.2) is 37.6 Å². The fraction of sp³-hybridized carbons (Fsp3) is 0.500. The summed E-state index contributed by atoms with van der Waals surface area (Å²) in [6.07, 6.45) is 0. The van der Waals surface area contributed by atoms with E-state index in [2.05, 4.69) is 23.8 Å². The number of benzene rings is 1. The van der Waals surface area contributed by atoms with Crippen LogP contribution in [0.5, 0.6) is 0 Å². The van der Waals surface area contributed by atoms with Crippen LogP contribution in [0.4, 0.5) is 11.4 Å². The fourth-order valence-electron chi connectivity index (χ4n) is 2.14. The first-order valence-corrected chi connectivity index (χ1v) is 6.44. The van der Waals surface area contributed by atoms with E-state index < -0.39 is 0 Å². The number of hydrogen-bond acceptors (Lipinski definition) is 3. The summed E-state index contributed by atoms with van der Waals surface area (Å²) in [5.41, 5.74) is 7.22. The second-order valence-corrected chi connectivity index (χ2v) is 5.42. The van der Waals surface area contributed by atoms with E-state index in [-0.39, 0.29) is 0 Å². The van der Waals surface area contributed by atoms with Crippen LogP contribution in [0.25, 0.3) is 0 Å². The molecule has 0 radical (unpaired) electrons. The molecule has 5 heteroatoms. The summed E-state index contributed by atoms with van der Waals surface area (Å²) in [6.45, 7) is 5.08. The Morgan fingerprint density at radius 1 is 1.24 bits per heavy atom. The minimum Gasteiger partial charge on any atom is -0.399 e. The molecule has 2 rings (SSSR count). The van der Waals surface area contributed by atoms with Crippen molar-refractivity contribution < 1.29 is 0 Å². The molecule has 1 saturated heterocycles. The molecule has 0 aliphatic carbocycles. The number of likely N-dealkylation sites (N-methyl/N-ethyl adjacent to an activating group) is 1. The Morgan fingerprint density at radius 2 is 1.82 bits per heavy atom. The van der Waals surface area contributed by atoms with Crippen LogP contribution in [0.1, 0.15) is 6.92 Å². The van der Waals surface area contributed by atoms with Crippen molar-refractivity contribution in [2.24, 2.45) is 0 Å². The van der Waals surface area contributed by atoms with Crippen molar-refractivity contribution in [2.45, 2.75) is 13.0 Å². The van der Waals surface area contributed by atoms with Crippen LogP contribution >= 0.6 is 23.2 Å². The van der Waals surface area contributed by atoms with Crippen LogP contribution in [-0.2, 0) is 0 Å².